The fourth-order valence-corrected chi connectivity index (χ4v) is 2.14. The van der Waals surface area contributed by atoms with Crippen LogP contribution in [0.4, 0.5) is 23.5 Å². The van der Waals surface area contributed by atoms with E-state index < -0.39 is 17.7 Å². The topological polar surface area (TPSA) is 29.0 Å². The molecule has 1 aromatic carbocycles. The first-order chi connectivity index (χ1) is 9.77. The lowest BCUT2D eigenvalue weighted by Gasteiger charge is -2.18. The molecule has 0 aliphatic carbocycles. The molecule has 3 nitrogen and oxygen atoms in total. The summed E-state index contributed by atoms with van der Waals surface area (Å²) < 4.78 is 51.4. The smallest absolute Gasteiger partial charge is 0.340 e. The van der Waals surface area contributed by atoms with Gasteiger partial charge in [-0.15, -0.1) is 0 Å². The third kappa shape index (κ3) is 3.90. The van der Waals surface area contributed by atoms with Crippen molar-refractivity contribution in [1.82, 2.24) is 9.97 Å². The highest BCUT2D eigenvalue weighted by atomic mass is 79.9. The molecule has 0 radical (unpaired) electrons. The quantitative estimate of drug-likeness (QED) is 0.770. The Kier molecular flexibility index (Phi) is 4.46. The Morgan fingerprint density at radius 3 is 2.57 bits per heavy atom. The molecule has 0 aliphatic heterocycles. The van der Waals surface area contributed by atoms with E-state index in [1.807, 2.05) is 0 Å². The van der Waals surface area contributed by atoms with Crippen molar-refractivity contribution >= 4 is 21.9 Å². The molecule has 2 aromatic rings. The maximum atomic E-state index is 13.0. The summed E-state index contributed by atoms with van der Waals surface area (Å²) in [4.78, 5) is 8.76. The number of alkyl halides is 3. The highest BCUT2D eigenvalue weighted by Gasteiger charge is 2.33. The molecule has 0 atom stereocenters. The molecule has 0 bridgehead atoms. The van der Waals surface area contributed by atoms with Gasteiger partial charge >= 0.3 is 6.18 Å². The highest BCUT2D eigenvalue weighted by molar-refractivity contribution is 9.10. The lowest BCUT2D eigenvalue weighted by molar-refractivity contribution is -0.141. The molecular weight excluding hydrogens is 354 g/mol. The molecule has 1 aromatic heterocycles. The minimum absolute atomic E-state index is 0.0546. The summed E-state index contributed by atoms with van der Waals surface area (Å²) in [6, 6.07) is 4.92. The minimum atomic E-state index is -4.52. The monoisotopic (exact) mass is 363 g/mol. The standard InChI is InChI=1S/C13H10BrF4N3/c1-21(7-8-2-3-9(15)6-10(8)14)12-19-5-4-11(20-12)13(16,17)18/h2-6H,7H2,1H3. The molecule has 0 unspecified atom stereocenters. The zero-order valence-corrected chi connectivity index (χ0v) is 12.4. The minimum Gasteiger partial charge on any atom is -0.340 e. The van der Waals surface area contributed by atoms with Gasteiger partial charge in [0.05, 0.1) is 0 Å². The van der Waals surface area contributed by atoms with Crippen molar-refractivity contribution in [2.24, 2.45) is 0 Å². The van der Waals surface area contributed by atoms with Crippen LogP contribution in [-0.4, -0.2) is 17.0 Å². The molecule has 0 aliphatic rings. The van der Waals surface area contributed by atoms with Gasteiger partial charge in [-0.3, -0.25) is 0 Å². The fourth-order valence-electron chi connectivity index (χ4n) is 1.67. The molecule has 0 fully saturated rings. The van der Waals surface area contributed by atoms with Gasteiger partial charge in [0.15, 0.2) is 0 Å². The Hall–Kier alpha value is -1.70. The van der Waals surface area contributed by atoms with Crippen LogP contribution in [0.25, 0.3) is 0 Å². The van der Waals surface area contributed by atoms with E-state index in [-0.39, 0.29) is 12.5 Å². The second-order valence-electron chi connectivity index (χ2n) is 4.33. The van der Waals surface area contributed by atoms with Crippen molar-refractivity contribution in [1.29, 1.82) is 0 Å². The van der Waals surface area contributed by atoms with Gasteiger partial charge in [-0.1, -0.05) is 22.0 Å². The van der Waals surface area contributed by atoms with E-state index in [1.54, 1.807) is 13.1 Å². The van der Waals surface area contributed by atoms with E-state index in [4.69, 9.17) is 0 Å². The Morgan fingerprint density at radius 1 is 1.24 bits per heavy atom. The molecule has 8 heteroatoms. The SMILES string of the molecule is CN(Cc1ccc(F)cc1Br)c1nccc(C(F)(F)F)n1. The number of hydrogen-bond donors (Lipinski definition) is 0. The van der Waals surface area contributed by atoms with Crippen molar-refractivity contribution in [3.8, 4) is 0 Å². The zero-order chi connectivity index (χ0) is 15.6. The van der Waals surface area contributed by atoms with E-state index in [9.17, 15) is 17.6 Å². The van der Waals surface area contributed by atoms with E-state index in [0.29, 0.717) is 10.0 Å². The van der Waals surface area contributed by atoms with Crippen LogP contribution in [0.1, 0.15) is 11.3 Å². The van der Waals surface area contributed by atoms with Gasteiger partial charge in [0, 0.05) is 24.3 Å². The van der Waals surface area contributed by atoms with Crippen LogP contribution >= 0.6 is 15.9 Å². The van der Waals surface area contributed by atoms with Crippen LogP contribution in [-0.2, 0) is 12.7 Å². The number of rotatable bonds is 3. The predicted molar refractivity (Wildman–Crippen MR) is 73.2 cm³/mol. The highest BCUT2D eigenvalue weighted by Crippen LogP contribution is 2.28. The van der Waals surface area contributed by atoms with E-state index in [1.165, 1.54) is 17.0 Å². The second kappa shape index (κ2) is 5.97. The molecule has 0 spiro atoms. The first kappa shape index (κ1) is 15.7. The maximum Gasteiger partial charge on any atom is 0.433 e. The lowest BCUT2D eigenvalue weighted by atomic mass is 10.2. The summed E-state index contributed by atoms with van der Waals surface area (Å²) in [5.41, 5.74) is -0.294. The Morgan fingerprint density at radius 2 is 1.95 bits per heavy atom. The van der Waals surface area contributed by atoms with Gasteiger partial charge in [0.2, 0.25) is 5.95 Å². The van der Waals surface area contributed by atoms with Gasteiger partial charge in [-0.05, 0) is 23.8 Å². The number of nitrogens with zero attached hydrogens (tertiary/aromatic N) is 3. The first-order valence-electron chi connectivity index (χ1n) is 5.82. The summed E-state index contributed by atoms with van der Waals surface area (Å²) >= 11 is 3.21. The Balaban J connectivity index is 2.22. The molecule has 0 N–H and O–H groups in total. The fraction of sp³-hybridized carbons (Fsp3) is 0.231. The van der Waals surface area contributed by atoms with E-state index in [0.717, 1.165) is 12.3 Å². The van der Waals surface area contributed by atoms with Gasteiger partial charge in [-0.25, -0.2) is 14.4 Å². The van der Waals surface area contributed by atoms with Crippen LogP contribution in [0.2, 0.25) is 0 Å². The Bertz CT molecular complexity index is 646. The summed E-state index contributed by atoms with van der Waals surface area (Å²) in [6.45, 7) is 0.238. The zero-order valence-electron chi connectivity index (χ0n) is 10.8. The molecule has 0 saturated carbocycles. The molecule has 2 rings (SSSR count). The molecular formula is C13H10BrF4N3. The van der Waals surface area contributed by atoms with Crippen LogP contribution in [0.15, 0.2) is 34.9 Å². The van der Waals surface area contributed by atoms with Crippen LogP contribution in [0.5, 0.6) is 0 Å². The van der Waals surface area contributed by atoms with E-state index >= 15 is 0 Å². The van der Waals surface area contributed by atoms with Gasteiger partial charge in [0.1, 0.15) is 11.5 Å². The molecule has 0 amide bonds. The summed E-state index contributed by atoms with van der Waals surface area (Å²) in [7, 11) is 1.56. The number of aromatic nitrogens is 2. The van der Waals surface area contributed by atoms with Gasteiger partial charge < -0.3 is 4.90 Å². The van der Waals surface area contributed by atoms with Crippen LogP contribution in [0.3, 0.4) is 0 Å². The van der Waals surface area contributed by atoms with Crippen molar-refractivity contribution in [2.45, 2.75) is 12.7 Å². The largest absolute Gasteiger partial charge is 0.433 e. The third-order valence-electron chi connectivity index (χ3n) is 2.70. The molecule has 0 saturated heterocycles. The second-order valence-corrected chi connectivity index (χ2v) is 5.19. The number of benzene rings is 1. The van der Waals surface area contributed by atoms with Gasteiger partial charge in [0.25, 0.3) is 0 Å². The van der Waals surface area contributed by atoms with Crippen LogP contribution < -0.4 is 4.90 Å². The average molecular weight is 364 g/mol. The van der Waals surface area contributed by atoms with Gasteiger partial charge in [-0.2, -0.15) is 13.2 Å². The molecule has 1 heterocycles. The normalized spacial score (nSPS) is 11.5. The summed E-state index contributed by atoms with van der Waals surface area (Å²) in [5, 5.41) is 0. The summed E-state index contributed by atoms with van der Waals surface area (Å²) in [6.07, 6.45) is -3.46. The van der Waals surface area contributed by atoms with Crippen molar-refractivity contribution in [3.63, 3.8) is 0 Å². The van der Waals surface area contributed by atoms with Crippen molar-refractivity contribution in [2.75, 3.05) is 11.9 Å². The number of halogens is 5. The van der Waals surface area contributed by atoms with Crippen molar-refractivity contribution in [3.05, 3.63) is 52.0 Å². The van der Waals surface area contributed by atoms with E-state index in [2.05, 4.69) is 25.9 Å². The molecule has 21 heavy (non-hydrogen) atoms. The number of anilines is 1. The van der Waals surface area contributed by atoms with Crippen LogP contribution in [0, 0.1) is 5.82 Å². The maximum absolute atomic E-state index is 13.0. The predicted octanol–water partition coefficient (Wildman–Crippen LogP) is 4.03. The third-order valence-corrected chi connectivity index (χ3v) is 3.44. The molecule has 112 valence electrons. The Labute approximate surface area is 126 Å². The average Bonchev–Trinajstić information content (AvgIpc) is 2.41. The van der Waals surface area contributed by atoms with Crippen molar-refractivity contribution < 1.29 is 17.6 Å². The first-order valence-corrected chi connectivity index (χ1v) is 6.62. The summed E-state index contributed by atoms with van der Waals surface area (Å²) in [5.74, 6) is -0.454. The number of hydrogen-bond acceptors (Lipinski definition) is 3. The lowest BCUT2D eigenvalue weighted by Crippen LogP contribution is -2.21.